The molecule has 2 saturated carbocycles. The number of carbonyl (C=O) groups is 1. The van der Waals surface area contributed by atoms with E-state index in [1.165, 1.54) is 0 Å². The Hall–Kier alpha value is -1.29. The first-order chi connectivity index (χ1) is 9.70. The van der Waals surface area contributed by atoms with Crippen molar-refractivity contribution in [3.05, 3.63) is 23.4 Å². The van der Waals surface area contributed by atoms with Gasteiger partial charge in [0.2, 0.25) is 5.91 Å². The van der Waals surface area contributed by atoms with Gasteiger partial charge in [0.05, 0.1) is 5.02 Å². The number of hydrogen-bond donors (Lipinski definition) is 2. The second-order valence-corrected chi connectivity index (χ2v) is 6.29. The lowest BCUT2D eigenvalue weighted by Crippen LogP contribution is -2.38. The summed E-state index contributed by atoms with van der Waals surface area (Å²) in [6.45, 7) is 0. The first kappa shape index (κ1) is 13.7. The molecule has 0 aliphatic heterocycles. The monoisotopic (exact) mass is 293 g/mol. The number of nitrogens with zero attached hydrogens (tertiary/aromatic N) is 1. The van der Waals surface area contributed by atoms with Gasteiger partial charge in [0.1, 0.15) is 5.82 Å². The van der Waals surface area contributed by atoms with Gasteiger partial charge < -0.3 is 10.6 Å². The highest BCUT2D eigenvalue weighted by Crippen LogP contribution is 2.28. The molecule has 2 aliphatic carbocycles. The minimum Gasteiger partial charge on any atom is -0.367 e. The molecule has 1 aromatic rings. The van der Waals surface area contributed by atoms with E-state index in [1.807, 2.05) is 12.1 Å². The van der Waals surface area contributed by atoms with Crippen LogP contribution in [-0.4, -0.2) is 23.0 Å². The molecule has 0 bridgehead atoms. The molecular formula is C15H20ClN3O. The highest BCUT2D eigenvalue weighted by atomic mass is 35.5. The van der Waals surface area contributed by atoms with E-state index in [2.05, 4.69) is 15.6 Å². The fraction of sp³-hybridized carbons (Fsp3) is 0.600. The van der Waals surface area contributed by atoms with Crippen molar-refractivity contribution in [3.8, 4) is 0 Å². The first-order valence-corrected chi connectivity index (χ1v) is 7.77. The van der Waals surface area contributed by atoms with Gasteiger partial charge in [-0.25, -0.2) is 4.98 Å². The fourth-order valence-corrected chi connectivity index (χ4v) is 2.89. The van der Waals surface area contributed by atoms with Gasteiger partial charge in [-0.1, -0.05) is 18.0 Å². The zero-order chi connectivity index (χ0) is 13.9. The van der Waals surface area contributed by atoms with Gasteiger partial charge in [-0.15, -0.1) is 0 Å². The maximum absolute atomic E-state index is 12.1. The zero-order valence-corrected chi connectivity index (χ0v) is 12.2. The lowest BCUT2D eigenvalue weighted by atomic mass is 9.85. The third kappa shape index (κ3) is 3.63. The van der Waals surface area contributed by atoms with Crippen LogP contribution in [0.2, 0.25) is 5.02 Å². The maximum atomic E-state index is 12.1. The summed E-state index contributed by atoms with van der Waals surface area (Å²) in [6, 6.07) is 4.49. The van der Waals surface area contributed by atoms with E-state index >= 15 is 0 Å². The molecule has 0 radical (unpaired) electrons. The van der Waals surface area contributed by atoms with E-state index in [-0.39, 0.29) is 11.8 Å². The summed E-state index contributed by atoms with van der Waals surface area (Å²) in [6.07, 6.45) is 8.02. The standard InChI is InChI=1S/C15H20ClN3O/c16-11-4-7-14(17-9-11)18-13-3-1-2-10(8-13)15(20)19-12-5-6-12/h4,7,9-10,12-13H,1-3,5-6,8H2,(H,17,18)(H,19,20). The fourth-order valence-electron chi connectivity index (χ4n) is 2.78. The van der Waals surface area contributed by atoms with Gasteiger partial charge in [0.15, 0.2) is 0 Å². The Labute approximate surface area is 124 Å². The van der Waals surface area contributed by atoms with Crippen molar-refractivity contribution in [2.45, 2.75) is 50.6 Å². The van der Waals surface area contributed by atoms with Gasteiger partial charge in [-0.2, -0.15) is 0 Å². The van der Waals surface area contributed by atoms with Crippen LogP contribution in [0.4, 0.5) is 5.82 Å². The minimum atomic E-state index is 0.147. The molecular weight excluding hydrogens is 274 g/mol. The van der Waals surface area contributed by atoms with Crippen molar-refractivity contribution in [2.75, 3.05) is 5.32 Å². The van der Waals surface area contributed by atoms with E-state index in [4.69, 9.17) is 11.6 Å². The van der Waals surface area contributed by atoms with Gasteiger partial charge in [-0.3, -0.25) is 4.79 Å². The molecule has 0 spiro atoms. The molecule has 2 unspecified atom stereocenters. The SMILES string of the molecule is O=C(NC1CC1)C1CCCC(Nc2ccc(Cl)cn2)C1. The summed E-state index contributed by atoms with van der Waals surface area (Å²) < 4.78 is 0. The normalized spacial score (nSPS) is 26.1. The summed E-state index contributed by atoms with van der Waals surface area (Å²) in [5, 5.41) is 7.17. The van der Waals surface area contributed by atoms with E-state index < -0.39 is 0 Å². The third-order valence-corrected chi connectivity index (χ3v) is 4.27. The van der Waals surface area contributed by atoms with Crippen LogP contribution in [0.5, 0.6) is 0 Å². The highest BCUT2D eigenvalue weighted by Gasteiger charge is 2.31. The third-order valence-electron chi connectivity index (χ3n) is 4.05. The molecule has 4 nitrogen and oxygen atoms in total. The molecule has 1 amide bonds. The molecule has 1 heterocycles. The Bertz CT molecular complexity index is 473. The summed E-state index contributed by atoms with van der Waals surface area (Å²) in [7, 11) is 0. The largest absolute Gasteiger partial charge is 0.367 e. The number of nitrogens with one attached hydrogen (secondary N) is 2. The maximum Gasteiger partial charge on any atom is 0.223 e. The van der Waals surface area contributed by atoms with E-state index in [0.717, 1.165) is 44.3 Å². The zero-order valence-electron chi connectivity index (χ0n) is 11.4. The molecule has 5 heteroatoms. The van der Waals surface area contributed by atoms with Crippen LogP contribution in [0.1, 0.15) is 38.5 Å². The molecule has 2 fully saturated rings. The molecule has 1 aromatic heterocycles. The van der Waals surface area contributed by atoms with Crippen molar-refractivity contribution in [2.24, 2.45) is 5.92 Å². The quantitative estimate of drug-likeness (QED) is 0.897. The van der Waals surface area contributed by atoms with Crippen LogP contribution in [0.15, 0.2) is 18.3 Å². The second-order valence-electron chi connectivity index (χ2n) is 5.85. The molecule has 0 aromatic carbocycles. The number of halogens is 1. The number of anilines is 1. The summed E-state index contributed by atoms with van der Waals surface area (Å²) in [4.78, 5) is 16.4. The van der Waals surface area contributed by atoms with Crippen LogP contribution in [0, 0.1) is 5.92 Å². The molecule has 20 heavy (non-hydrogen) atoms. The molecule has 108 valence electrons. The van der Waals surface area contributed by atoms with Crippen molar-refractivity contribution in [1.29, 1.82) is 0 Å². The Morgan fingerprint density at radius 1 is 1.20 bits per heavy atom. The van der Waals surface area contributed by atoms with Crippen LogP contribution in [0.3, 0.4) is 0 Å². The highest BCUT2D eigenvalue weighted by molar-refractivity contribution is 6.30. The summed E-state index contributed by atoms with van der Waals surface area (Å²) >= 11 is 5.83. The predicted octanol–water partition coefficient (Wildman–Crippen LogP) is 2.98. The van der Waals surface area contributed by atoms with Gasteiger partial charge in [-0.05, 0) is 44.2 Å². The lowest BCUT2D eigenvalue weighted by molar-refractivity contribution is -0.126. The topological polar surface area (TPSA) is 54.0 Å². The number of pyridine rings is 1. The number of aromatic nitrogens is 1. The average molecular weight is 294 g/mol. The second kappa shape index (κ2) is 6.00. The Morgan fingerprint density at radius 3 is 2.75 bits per heavy atom. The smallest absolute Gasteiger partial charge is 0.223 e. The Kier molecular flexibility index (Phi) is 4.10. The van der Waals surface area contributed by atoms with Gasteiger partial charge in [0, 0.05) is 24.2 Å². The van der Waals surface area contributed by atoms with Gasteiger partial charge >= 0.3 is 0 Å². The van der Waals surface area contributed by atoms with E-state index in [0.29, 0.717) is 17.1 Å². The lowest BCUT2D eigenvalue weighted by Gasteiger charge is -2.29. The van der Waals surface area contributed by atoms with Crippen LogP contribution in [-0.2, 0) is 4.79 Å². The average Bonchev–Trinajstić information content (AvgIpc) is 3.26. The number of rotatable bonds is 4. The number of amides is 1. The summed E-state index contributed by atoms with van der Waals surface area (Å²) in [5.74, 6) is 1.22. The van der Waals surface area contributed by atoms with E-state index in [1.54, 1.807) is 6.20 Å². The van der Waals surface area contributed by atoms with Crippen molar-refractivity contribution in [3.63, 3.8) is 0 Å². The van der Waals surface area contributed by atoms with Crippen LogP contribution >= 0.6 is 11.6 Å². The Morgan fingerprint density at radius 2 is 2.05 bits per heavy atom. The van der Waals surface area contributed by atoms with Gasteiger partial charge in [0.25, 0.3) is 0 Å². The van der Waals surface area contributed by atoms with Crippen molar-refractivity contribution in [1.82, 2.24) is 10.3 Å². The molecule has 2 aliphatic rings. The number of carbonyl (C=O) groups excluding carboxylic acids is 1. The number of hydrogen-bond acceptors (Lipinski definition) is 3. The van der Waals surface area contributed by atoms with Crippen LogP contribution < -0.4 is 10.6 Å². The predicted molar refractivity (Wildman–Crippen MR) is 79.8 cm³/mol. The van der Waals surface area contributed by atoms with Crippen molar-refractivity contribution >= 4 is 23.3 Å². The molecule has 3 rings (SSSR count). The molecule has 2 atom stereocenters. The first-order valence-electron chi connectivity index (χ1n) is 7.39. The minimum absolute atomic E-state index is 0.147. The van der Waals surface area contributed by atoms with E-state index in [9.17, 15) is 4.79 Å². The molecule has 0 saturated heterocycles. The summed E-state index contributed by atoms with van der Waals surface area (Å²) in [5.41, 5.74) is 0. The molecule has 2 N–H and O–H groups in total. The van der Waals surface area contributed by atoms with Crippen molar-refractivity contribution < 1.29 is 4.79 Å². The van der Waals surface area contributed by atoms with Crippen LogP contribution in [0.25, 0.3) is 0 Å². The Balaban J connectivity index is 1.54.